The van der Waals surface area contributed by atoms with Gasteiger partial charge in [0, 0.05) is 0 Å². The molecule has 0 atom stereocenters. The van der Waals surface area contributed by atoms with Gasteiger partial charge >= 0.3 is 11.7 Å². The second kappa shape index (κ2) is 5.97. The van der Waals surface area contributed by atoms with E-state index in [1.807, 2.05) is 19.9 Å². The highest BCUT2D eigenvalue weighted by atomic mass is 16.6. The third kappa shape index (κ3) is 3.13. The monoisotopic (exact) mass is 303 g/mol. The van der Waals surface area contributed by atoms with Crippen molar-refractivity contribution in [2.45, 2.75) is 34.2 Å². The van der Waals surface area contributed by atoms with Gasteiger partial charge in [-0.3, -0.25) is 14.8 Å². The molecule has 2 aromatic rings. The van der Waals surface area contributed by atoms with Crippen molar-refractivity contribution in [1.82, 2.24) is 9.78 Å². The van der Waals surface area contributed by atoms with Crippen LogP contribution in [0.5, 0.6) is 5.75 Å². The van der Waals surface area contributed by atoms with Crippen LogP contribution in [0.25, 0.3) is 0 Å². The molecule has 0 saturated carbocycles. The number of rotatable bonds is 4. The summed E-state index contributed by atoms with van der Waals surface area (Å²) in [5.41, 5.74) is 2.67. The number of aryl methyl sites for hydroxylation is 3. The minimum atomic E-state index is -0.524. The van der Waals surface area contributed by atoms with Gasteiger partial charge in [0.05, 0.1) is 4.92 Å². The molecule has 2 rings (SSSR count). The number of carbonyl (C=O) groups is 1. The first kappa shape index (κ1) is 15.7. The molecule has 0 radical (unpaired) electrons. The third-order valence-electron chi connectivity index (χ3n) is 3.51. The van der Waals surface area contributed by atoms with Crippen molar-refractivity contribution in [2.24, 2.45) is 0 Å². The summed E-state index contributed by atoms with van der Waals surface area (Å²) in [6, 6.07) is 5.35. The van der Waals surface area contributed by atoms with Crippen LogP contribution in [0.3, 0.4) is 0 Å². The summed E-state index contributed by atoms with van der Waals surface area (Å²) in [7, 11) is 0. The van der Waals surface area contributed by atoms with Gasteiger partial charge in [-0.15, -0.1) is 0 Å². The maximum Gasteiger partial charge on any atom is 0.333 e. The van der Waals surface area contributed by atoms with Gasteiger partial charge < -0.3 is 4.74 Å². The predicted octanol–water partition coefficient (Wildman–Crippen LogP) is 2.63. The molecule has 0 spiro atoms. The molecule has 0 fully saturated rings. The highest BCUT2D eigenvalue weighted by Crippen LogP contribution is 2.22. The zero-order valence-electron chi connectivity index (χ0n) is 12.9. The lowest BCUT2D eigenvalue weighted by Crippen LogP contribution is -2.18. The van der Waals surface area contributed by atoms with Crippen molar-refractivity contribution in [3.05, 3.63) is 50.8 Å². The SMILES string of the molecule is Cc1ccc(OC(=O)Cn2nc(C)c([N+](=O)[O-])c2C)cc1C. The summed E-state index contributed by atoms with van der Waals surface area (Å²) >= 11 is 0. The molecule has 7 heteroatoms. The van der Waals surface area contributed by atoms with E-state index < -0.39 is 10.9 Å². The molecule has 0 N–H and O–H groups in total. The standard InChI is InChI=1S/C15H17N3O4/c1-9-5-6-13(7-10(9)2)22-14(19)8-17-12(4)15(18(20)21)11(3)16-17/h5-7H,8H2,1-4H3. The predicted molar refractivity (Wildman–Crippen MR) is 79.9 cm³/mol. The lowest BCUT2D eigenvalue weighted by molar-refractivity contribution is -0.386. The van der Waals surface area contributed by atoms with Gasteiger partial charge in [-0.05, 0) is 51.0 Å². The number of ether oxygens (including phenoxy) is 1. The van der Waals surface area contributed by atoms with Crippen LogP contribution in [0.4, 0.5) is 5.69 Å². The third-order valence-corrected chi connectivity index (χ3v) is 3.51. The van der Waals surface area contributed by atoms with Crippen LogP contribution >= 0.6 is 0 Å². The van der Waals surface area contributed by atoms with Crippen molar-refractivity contribution in [1.29, 1.82) is 0 Å². The normalized spacial score (nSPS) is 10.5. The van der Waals surface area contributed by atoms with Crippen LogP contribution in [-0.4, -0.2) is 20.7 Å². The largest absolute Gasteiger partial charge is 0.425 e. The molecule has 0 unspecified atom stereocenters. The molecule has 0 bridgehead atoms. The van der Waals surface area contributed by atoms with Crippen LogP contribution in [-0.2, 0) is 11.3 Å². The van der Waals surface area contributed by atoms with Crippen molar-refractivity contribution in [3.8, 4) is 5.75 Å². The van der Waals surface area contributed by atoms with E-state index in [9.17, 15) is 14.9 Å². The Morgan fingerprint density at radius 2 is 1.95 bits per heavy atom. The van der Waals surface area contributed by atoms with Crippen LogP contribution in [0.15, 0.2) is 18.2 Å². The minimum absolute atomic E-state index is 0.0704. The van der Waals surface area contributed by atoms with Crippen LogP contribution in [0.1, 0.15) is 22.5 Å². The van der Waals surface area contributed by atoms with Gasteiger partial charge in [-0.25, -0.2) is 4.79 Å². The zero-order chi connectivity index (χ0) is 16.4. The molecule has 0 aliphatic heterocycles. The summed E-state index contributed by atoms with van der Waals surface area (Å²) in [6.07, 6.45) is 0. The lowest BCUT2D eigenvalue weighted by atomic mass is 10.1. The molecule has 0 amide bonds. The molecular weight excluding hydrogens is 286 g/mol. The number of nitro groups is 1. The first-order valence-electron chi connectivity index (χ1n) is 6.76. The van der Waals surface area contributed by atoms with Gasteiger partial charge in [-0.2, -0.15) is 5.10 Å². The average Bonchev–Trinajstić information content (AvgIpc) is 2.68. The lowest BCUT2D eigenvalue weighted by Gasteiger charge is -2.07. The number of aromatic nitrogens is 2. The Morgan fingerprint density at radius 3 is 2.50 bits per heavy atom. The fraction of sp³-hybridized carbons (Fsp3) is 0.333. The summed E-state index contributed by atoms with van der Waals surface area (Å²) in [5, 5.41) is 15.0. The number of carbonyl (C=O) groups excluding carboxylic acids is 1. The number of hydrogen-bond donors (Lipinski definition) is 0. The molecule has 0 saturated heterocycles. The van der Waals surface area contributed by atoms with Crippen molar-refractivity contribution >= 4 is 11.7 Å². The molecule has 22 heavy (non-hydrogen) atoms. The Kier molecular flexibility index (Phi) is 4.25. The Morgan fingerprint density at radius 1 is 1.27 bits per heavy atom. The maximum atomic E-state index is 12.0. The number of benzene rings is 1. The van der Waals surface area contributed by atoms with E-state index >= 15 is 0 Å². The summed E-state index contributed by atoms with van der Waals surface area (Å²) in [5.74, 6) is -0.0760. The number of hydrogen-bond acceptors (Lipinski definition) is 5. The Hall–Kier alpha value is -2.70. The van der Waals surface area contributed by atoms with Gasteiger partial charge in [0.25, 0.3) is 0 Å². The molecule has 116 valence electrons. The highest BCUT2D eigenvalue weighted by molar-refractivity contribution is 5.72. The van der Waals surface area contributed by atoms with E-state index in [0.717, 1.165) is 11.1 Å². The topological polar surface area (TPSA) is 87.3 Å². The molecule has 0 aliphatic carbocycles. The van der Waals surface area contributed by atoms with E-state index in [0.29, 0.717) is 11.4 Å². The Balaban J connectivity index is 2.14. The zero-order valence-corrected chi connectivity index (χ0v) is 12.9. The fourth-order valence-electron chi connectivity index (χ4n) is 2.17. The van der Waals surface area contributed by atoms with E-state index in [-0.39, 0.29) is 17.9 Å². The molecule has 1 aromatic heterocycles. The number of esters is 1. The van der Waals surface area contributed by atoms with Crippen LogP contribution in [0, 0.1) is 37.8 Å². The first-order chi connectivity index (χ1) is 10.3. The minimum Gasteiger partial charge on any atom is -0.425 e. The quantitative estimate of drug-likeness (QED) is 0.375. The van der Waals surface area contributed by atoms with E-state index in [4.69, 9.17) is 4.74 Å². The second-order valence-electron chi connectivity index (χ2n) is 5.15. The summed E-state index contributed by atoms with van der Waals surface area (Å²) < 4.78 is 6.54. The Bertz CT molecular complexity index is 749. The van der Waals surface area contributed by atoms with Crippen molar-refractivity contribution in [2.75, 3.05) is 0 Å². The fourth-order valence-corrected chi connectivity index (χ4v) is 2.17. The molecule has 7 nitrogen and oxygen atoms in total. The Labute approximate surface area is 127 Å². The maximum absolute atomic E-state index is 12.0. The van der Waals surface area contributed by atoms with E-state index in [2.05, 4.69) is 5.10 Å². The molecule has 0 aliphatic rings. The van der Waals surface area contributed by atoms with Crippen molar-refractivity contribution in [3.63, 3.8) is 0 Å². The van der Waals surface area contributed by atoms with Gasteiger partial charge in [-0.1, -0.05) is 6.07 Å². The van der Waals surface area contributed by atoms with Crippen molar-refractivity contribution < 1.29 is 14.5 Å². The van der Waals surface area contributed by atoms with E-state index in [1.165, 1.54) is 11.6 Å². The summed E-state index contributed by atoms with van der Waals surface area (Å²) in [6.45, 7) is 6.82. The molecular formula is C15H17N3O4. The molecule has 1 aromatic carbocycles. The second-order valence-corrected chi connectivity index (χ2v) is 5.15. The number of nitrogens with zero attached hydrogens (tertiary/aromatic N) is 3. The van der Waals surface area contributed by atoms with E-state index in [1.54, 1.807) is 19.1 Å². The first-order valence-corrected chi connectivity index (χ1v) is 6.76. The average molecular weight is 303 g/mol. The summed E-state index contributed by atoms with van der Waals surface area (Å²) in [4.78, 5) is 22.4. The van der Waals surface area contributed by atoms with Crippen LogP contribution < -0.4 is 4.74 Å². The molecule has 1 heterocycles. The van der Waals surface area contributed by atoms with Gasteiger partial charge in [0.1, 0.15) is 23.7 Å². The smallest absolute Gasteiger partial charge is 0.333 e. The van der Waals surface area contributed by atoms with Crippen LogP contribution in [0.2, 0.25) is 0 Å². The highest BCUT2D eigenvalue weighted by Gasteiger charge is 2.23. The van der Waals surface area contributed by atoms with Gasteiger partial charge in [0.2, 0.25) is 0 Å². The van der Waals surface area contributed by atoms with Gasteiger partial charge in [0.15, 0.2) is 0 Å².